The molecule has 4 aromatic rings. The molecule has 1 N–H and O–H groups in total. The molecule has 0 fully saturated rings. The van der Waals surface area contributed by atoms with Crippen LogP contribution < -0.4 is 4.74 Å². The van der Waals surface area contributed by atoms with Crippen molar-refractivity contribution in [2.24, 2.45) is 0 Å². The van der Waals surface area contributed by atoms with Crippen LogP contribution in [0.4, 0.5) is 0 Å². The van der Waals surface area contributed by atoms with Crippen LogP contribution in [-0.2, 0) is 6.42 Å². The maximum Gasteiger partial charge on any atom is 0.273 e. The first-order valence-corrected chi connectivity index (χ1v) is 10.7. The third-order valence-electron chi connectivity index (χ3n) is 5.91. The van der Waals surface area contributed by atoms with E-state index in [1.165, 1.54) is 10.9 Å². The van der Waals surface area contributed by atoms with Gasteiger partial charge in [-0.05, 0) is 61.7 Å². The Kier molecular flexibility index (Phi) is 4.94. The number of aryl methyl sites for hydroxylation is 1. The fourth-order valence-corrected chi connectivity index (χ4v) is 4.53. The molecule has 2 aromatic carbocycles. The number of para-hydroxylation sites is 1. The second-order valence-electron chi connectivity index (χ2n) is 7.88. The number of carbonyl (C=O) groups is 1. The van der Waals surface area contributed by atoms with Gasteiger partial charge in [-0.1, -0.05) is 36.4 Å². The lowest BCUT2D eigenvalue weighted by atomic mass is 9.92. The molecular formula is C26H25N3O2. The third-order valence-corrected chi connectivity index (χ3v) is 5.91. The molecule has 3 heterocycles. The van der Waals surface area contributed by atoms with Crippen molar-refractivity contribution in [3.8, 4) is 5.75 Å². The van der Waals surface area contributed by atoms with E-state index >= 15 is 0 Å². The molecule has 2 aromatic heterocycles. The number of nitrogens with one attached hydrogen (secondary N) is 1. The van der Waals surface area contributed by atoms with Crippen molar-refractivity contribution in [2.75, 3.05) is 13.2 Å². The molecule has 1 aliphatic heterocycles. The summed E-state index contributed by atoms with van der Waals surface area (Å²) in [7, 11) is 0. The number of ether oxygens (including phenoxy) is 1. The second kappa shape index (κ2) is 7.91. The van der Waals surface area contributed by atoms with E-state index in [0.717, 1.165) is 34.6 Å². The van der Waals surface area contributed by atoms with Crippen molar-refractivity contribution >= 4 is 16.8 Å². The summed E-state index contributed by atoms with van der Waals surface area (Å²) in [6.45, 7) is 5.15. The predicted molar refractivity (Wildman–Crippen MR) is 121 cm³/mol. The van der Waals surface area contributed by atoms with Gasteiger partial charge in [0.1, 0.15) is 11.4 Å². The molecule has 0 saturated heterocycles. The van der Waals surface area contributed by atoms with E-state index in [9.17, 15) is 4.79 Å². The number of nitrogens with zero attached hydrogens (tertiary/aromatic N) is 2. The number of H-pyrrole nitrogens is 1. The first-order valence-electron chi connectivity index (χ1n) is 10.7. The number of benzene rings is 2. The Morgan fingerprint density at radius 1 is 1.10 bits per heavy atom. The van der Waals surface area contributed by atoms with Gasteiger partial charge in [-0.2, -0.15) is 0 Å². The maximum atomic E-state index is 13.6. The molecule has 1 amide bonds. The lowest BCUT2D eigenvalue weighted by Crippen LogP contribution is -2.41. The molecule has 1 aliphatic rings. The first-order chi connectivity index (χ1) is 15.2. The zero-order valence-corrected chi connectivity index (χ0v) is 17.8. The Hall–Kier alpha value is -3.60. The van der Waals surface area contributed by atoms with Gasteiger partial charge in [0.2, 0.25) is 0 Å². The molecule has 0 bridgehead atoms. The van der Waals surface area contributed by atoms with Crippen molar-refractivity contribution in [3.05, 3.63) is 94.9 Å². The number of aromatic amines is 1. The highest BCUT2D eigenvalue weighted by molar-refractivity contribution is 5.94. The van der Waals surface area contributed by atoms with Crippen LogP contribution in [-0.4, -0.2) is 33.9 Å². The van der Waals surface area contributed by atoms with Crippen LogP contribution in [0.25, 0.3) is 10.9 Å². The van der Waals surface area contributed by atoms with Crippen LogP contribution in [0.5, 0.6) is 5.75 Å². The normalized spacial score (nSPS) is 15.7. The molecule has 31 heavy (non-hydrogen) atoms. The first kappa shape index (κ1) is 19.4. The molecular weight excluding hydrogens is 386 g/mol. The molecule has 0 unspecified atom stereocenters. The molecule has 5 heteroatoms. The minimum absolute atomic E-state index is 0.0492. The molecule has 0 spiro atoms. The van der Waals surface area contributed by atoms with Gasteiger partial charge < -0.3 is 14.6 Å². The van der Waals surface area contributed by atoms with E-state index in [4.69, 9.17) is 4.74 Å². The summed E-state index contributed by atoms with van der Waals surface area (Å²) in [4.78, 5) is 23.6. The summed E-state index contributed by atoms with van der Waals surface area (Å²) in [5.41, 5.74) is 5.85. The summed E-state index contributed by atoms with van der Waals surface area (Å²) < 4.78 is 5.62. The molecule has 0 radical (unpaired) electrons. The van der Waals surface area contributed by atoms with Crippen molar-refractivity contribution in [1.29, 1.82) is 0 Å². The lowest BCUT2D eigenvalue weighted by molar-refractivity contribution is 0.0685. The Morgan fingerprint density at radius 2 is 1.90 bits per heavy atom. The molecule has 0 saturated carbocycles. The third kappa shape index (κ3) is 3.46. The Morgan fingerprint density at radius 3 is 2.68 bits per heavy atom. The average molecular weight is 412 g/mol. The van der Waals surface area contributed by atoms with E-state index in [0.29, 0.717) is 18.8 Å². The number of rotatable bonds is 4. The minimum Gasteiger partial charge on any atom is -0.494 e. The largest absolute Gasteiger partial charge is 0.494 e. The van der Waals surface area contributed by atoms with Crippen LogP contribution in [0, 0.1) is 6.92 Å². The van der Waals surface area contributed by atoms with Gasteiger partial charge in [0.05, 0.1) is 12.6 Å². The van der Waals surface area contributed by atoms with Crippen LogP contribution in [0.15, 0.2) is 66.7 Å². The van der Waals surface area contributed by atoms with E-state index in [1.807, 2.05) is 49.1 Å². The summed E-state index contributed by atoms with van der Waals surface area (Å²) in [6, 6.07) is 21.8. The van der Waals surface area contributed by atoms with Gasteiger partial charge >= 0.3 is 0 Å². The fraction of sp³-hybridized carbons (Fsp3) is 0.231. The molecule has 5 nitrogen and oxygen atoms in total. The number of hydrogen-bond acceptors (Lipinski definition) is 3. The number of amides is 1. The zero-order valence-electron chi connectivity index (χ0n) is 17.8. The highest BCUT2D eigenvalue weighted by atomic mass is 16.5. The van der Waals surface area contributed by atoms with E-state index in [2.05, 4.69) is 40.3 Å². The van der Waals surface area contributed by atoms with Gasteiger partial charge in [0.25, 0.3) is 5.91 Å². The van der Waals surface area contributed by atoms with E-state index in [1.54, 1.807) is 6.07 Å². The van der Waals surface area contributed by atoms with Crippen LogP contribution in [0.3, 0.4) is 0 Å². The van der Waals surface area contributed by atoms with E-state index < -0.39 is 0 Å². The molecule has 5 rings (SSSR count). The van der Waals surface area contributed by atoms with Gasteiger partial charge in [-0.25, -0.2) is 4.98 Å². The summed E-state index contributed by atoms with van der Waals surface area (Å²) in [5.74, 6) is 0.782. The zero-order chi connectivity index (χ0) is 21.4. The monoisotopic (exact) mass is 411 g/mol. The SMILES string of the molecule is CCOc1ccc([C@@H]2c3[nH]c4ccccc4c3CCN2C(=O)c2cccc(C)n2)cc1. The highest BCUT2D eigenvalue weighted by Gasteiger charge is 2.35. The quantitative estimate of drug-likeness (QED) is 0.511. The lowest BCUT2D eigenvalue weighted by Gasteiger charge is -2.36. The van der Waals surface area contributed by atoms with Gasteiger partial charge in [0, 0.05) is 28.8 Å². The Labute approximate surface area is 181 Å². The number of fused-ring (bicyclic) bond motifs is 3. The standard InChI is InChI=1S/C26H25N3O2/c1-3-31-19-13-11-18(12-14-19)25-24-21(20-8-4-5-9-22(20)28-24)15-16-29(25)26(30)23-10-6-7-17(2)27-23/h4-14,25,28H,3,15-16H2,1-2H3/t25-/m1/s1. The van der Waals surface area contributed by atoms with Crippen molar-refractivity contribution < 1.29 is 9.53 Å². The Bertz CT molecular complexity index is 1240. The number of aromatic nitrogens is 2. The van der Waals surface area contributed by atoms with Crippen molar-refractivity contribution in [3.63, 3.8) is 0 Å². The van der Waals surface area contributed by atoms with Crippen LogP contribution in [0.1, 0.15) is 46.0 Å². The minimum atomic E-state index is -0.207. The molecule has 1 atom stereocenters. The maximum absolute atomic E-state index is 13.6. The highest BCUT2D eigenvalue weighted by Crippen LogP contribution is 2.39. The number of carbonyl (C=O) groups excluding carboxylic acids is 1. The van der Waals surface area contributed by atoms with Gasteiger partial charge in [0.15, 0.2) is 0 Å². The summed E-state index contributed by atoms with van der Waals surface area (Å²) >= 11 is 0. The average Bonchev–Trinajstić information content (AvgIpc) is 3.17. The number of pyridine rings is 1. The van der Waals surface area contributed by atoms with Crippen molar-refractivity contribution in [2.45, 2.75) is 26.3 Å². The van der Waals surface area contributed by atoms with E-state index in [-0.39, 0.29) is 11.9 Å². The van der Waals surface area contributed by atoms with Crippen LogP contribution in [0.2, 0.25) is 0 Å². The molecule has 156 valence electrons. The number of hydrogen-bond donors (Lipinski definition) is 1. The van der Waals surface area contributed by atoms with Gasteiger partial charge in [-0.15, -0.1) is 0 Å². The van der Waals surface area contributed by atoms with Gasteiger partial charge in [-0.3, -0.25) is 4.79 Å². The Balaban J connectivity index is 1.63. The molecule has 0 aliphatic carbocycles. The second-order valence-corrected chi connectivity index (χ2v) is 7.88. The summed E-state index contributed by atoms with van der Waals surface area (Å²) in [6.07, 6.45) is 0.810. The smallest absolute Gasteiger partial charge is 0.273 e. The van der Waals surface area contributed by atoms with Crippen LogP contribution >= 0.6 is 0 Å². The summed E-state index contributed by atoms with van der Waals surface area (Å²) in [5, 5.41) is 1.23. The van der Waals surface area contributed by atoms with Crippen molar-refractivity contribution in [1.82, 2.24) is 14.9 Å². The fourth-order valence-electron chi connectivity index (χ4n) is 4.53. The topological polar surface area (TPSA) is 58.2 Å². The predicted octanol–water partition coefficient (Wildman–Crippen LogP) is 5.06.